The van der Waals surface area contributed by atoms with E-state index in [1.807, 2.05) is 31.2 Å². The minimum Gasteiger partial charge on any atom is -0.456 e. The topological polar surface area (TPSA) is 187 Å². The number of fused-ring (bicyclic) bond motifs is 1. The van der Waals surface area contributed by atoms with Crippen molar-refractivity contribution in [1.82, 2.24) is 20.4 Å². The summed E-state index contributed by atoms with van der Waals surface area (Å²) in [5, 5.41) is 4.99. The number of methoxy groups -OCH3 is 2. The Kier molecular flexibility index (Phi) is 14.3. The fraction of sp³-hybridized carbons (Fsp3) is 0.558. The molecule has 4 amide bonds. The second kappa shape index (κ2) is 19.0. The van der Waals surface area contributed by atoms with Gasteiger partial charge in [0.1, 0.15) is 24.7 Å². The number of nitrogens with zero attached hydrogens (tertiary/aromatic N) is 2. The van der Waals surface area contributed by atoms with Crippen molar-refractivity contribution in [3.8, 4) is 11.1 Å². The van der Waals surface area contributed by atoms with Gasteiger partial charge in [0.25, 0.3) is 0 Å². The third-order valence-corrected chi connectivity index (χ3v) is 11.7. The molecule has 314 valence electrons. The van der Waals surface area contributed by atoms with Gasteiger partial charge < -0.3 is 39.4 Å². The summed E-state index contributed by atoms with van der Waals surface area (Å²) in [6.45, 7) is 7.31. The van der Waals surface area contributed by atoms with Gasteiger partial charge in [0.2, 0.25) is 11.8 Å². The van der Waals surface area contributed by atoms with Gasteiger partial charge >= 0.3 is 18.2 Å². The highest BCUT2D eigenvalue weighted by molar-refractivity contribution is 6.01. The smallest absolute Gasteiger partial charge is 0.407 e. The van der Waals surface area contributed by atoms with Gasteiger partial charge in [-0.2, -0.15) is 0 Å². The molecule has 2 aromatic rings. The Morgan fingerprint density at radius 1 is 0.759 bits per heavy atom. The van der Waals surface area contributed by atoms with Gasteiger partial charge in [0.05, 0.1) is 26.4 Å². The van der Waals surface area contributed by atoms with Crippen molar-refractivity contribution < 1.29 is 52.5 Å². The van der Waals surface area contributed by atoms with Crippen LogP contribution >= 0.6 is 0 Å². The number of alkyl carbamates (subject to hydrolysis) is 2. The van der Waals surface area contributed by atoms with Crippen molar-refractivity contribution in [1.29, 1.82) is 0 Å². The molecule has 58 heavy (non-hydrogen) atoms. The lowest BCUT2D eigenvalue weighted by Crippen LogP contribution is -2.58. The summed E-state index contributed by atoms with van der Waals surface area (Å²) >= 11 is 0. The van der Waals surface area contributed by atoms with Crippen LogP contribution in [-0.2, 0) is 46.2 Å². The minimum atomic E-state index is -1.30. The first-order valence-electron chi connectivity index (χ1n) is 20.0. The molecule has 2 aromatic carbocycles. The highest BCUT2D eigenvalue weighted by Gasteiger charge is 2.49. The molecule has 0 aromatic heterocycles. The molecule has 0 saturated carbocycles. The number of likely N-dealkylation sites (tertiary alicyclic amines) is 2. The van der Waals surface area contributed by atoms with E-state index >= 15 is 0 Å². The standard InChI is InChI=1S/C43H56N4O11/c1-27(2)37(45-41(54)56-6)38(51)47-22-10-20-43(47,4)39(52)58-25-34(48)29-15-13-28(14-16-29)30-17-18-33(32-12-8-7-11-31(30)32)35(49)24-57-26-42(3)19-9-21-46(42)36(50)23-44-40(53)55-5/h13-18,27,37H,7-12,19-26H2,1-6H3,(H,44,53)(H,45,54)/t37-,42-,43-/m0/s1. The third kappa shape index (κ3) is 9.68. The molecule has 0 bridgehead atoms. The van der Waals surface area contributed by atoms with E-state index in [-0.39, 0.29) is 37.4 Å². The van der Waals surface area contributed by atoms with E-state index in [1.165, 1.54) is 19.1 Å². The second-order valence-electron chi connectivity index (χ2n) is 16.0. The Morgan fingerprint density at radius 3 is 2.09 bits per heavy atom. The zero-order chi connectivity index (χ0) is 42.2. The Hall–Kier alpha value is -5.31. The van der Waals surface area contributed by atoms with Gasteiger partial charge in [0.15, 0.2) is 18.2 Å². The molecular weight excluding hydrogens is 748 g/mol. The average Bonchev–Trinajstić information content (AvgIpc) is 3.82. The zero-order valence-corrected chi connectivity index (χ0v) is 34.4. The molecule has 1 aliphatic carbocycles. The van der Waals surface area contributed by atoms with E-state index in [1.54, 1.807) is 37.8 Å². The van der Waals surface area contributed by atoms with Crippen LogP contribution in [0, 0.1) is 5.92 Å². The van der Waals surface area contributed by atoms with Gasteiger partial charge in [0, 0.05) is 24.2 Å². The maximum atomic E-state index is 13.6. The molecule has 15 heteroatoms. The molecule has 0 unspecified atom stereocenters. The summed E-state index contributed by atoms with van der Waals surface area (Å²) in [5.41, 5.74) is 3.02. The fourth-order valence-corrected chi connectivity index (χ4v) is 8.36. The lowest BCUT2D eigenvalue weighted by molar-refractivity contribution is -0.160. The van der Waals surface area contributed by atoms with E-state index in [4.69, 9.17) is 9.47 Å². The Bertz CT molecular complexity index is 1900. The van der Waals surface area contributed by atoms with E-state index < -0.39 is 53.6 Å². The first-order chi connectivity index (χ1) is 27.6. The summed E-state index contributed by atoms with van der Waals surface area (Å²) in [5.74, 6) is -2.15. The summed E-state index contributed by atoms with van der Waals surface area (Å²) in [6, 6.07) is 9.94. The summed E-state index contributed by atoms with van der Waals surface area (Å²) in [7, 11) is 2.45. The number of ether oxygens (including phenoxy) is 4. The van der Waals surface area contributed by atoms with Crippen molar-refractivity contribution in [3.05, 3.63) is 58.7 Å². The predicted molar refractivity (Wildman–Crippen MR) is 212 cm³/mol. The van der Waals surface area contributed by atoms with Crippen molar-refractivity contribution in [2.45, 2.75) is 96.2 Å². The second-order valence-corrected chi connectivity index (χ2v) is 16.0. The van der Waals surface area contributed by atoms with Gasteiger partial charge in [-0.15, -0.1) is 0 Å². The number of benzene rings is 2. The number of amides is 4. The lowest BCUT2D eigenvalue weighted by Gasteiger charge is -2.36. The van der Waals surface area contributed by atoms with Crippen LogP contribution in [0.3, 0.4) is 0 Å². The number of carbonyl (C=O) groups excluding carboxylic acids is 7. The van der Waals surface area contributed by atoms with Crippen LogP contribution in [0.4, 0.5) is 9.59 Å². The van der Waals surface area contributed by atoms with Gasteiger partial charge in [-0.1, -0.05) is 50.2 Å². The van der Waals surface area contributed by atoms with Crippen LogP contribution in [0.25, 0.3) is 11.1 Å². The maximum Gasteiger partial charge on any atom is 0.407 e. The number of hydrogen-bond donors (Lipinski definition) is 2. The van der Waals surface area contributed by atoms with Crippen molar-refractivity contribution in [2.75, 3.05) is 53.7 Å². The molecule has 5 rings (SSSR count). The molecule has 2 aliphatic heterocycles. The SMILES string of the molecule is COC(=O)NCC(=O)N1CCC[C@@]1(C)COCC(=O)c1ccc(-c2ccc(C(=O)COC(=O)[C@]3(C)CCCN3C(=O)[C@@H](NC(=O)OC)C(C)C)cc2)c2c1CCCC2. The van der Waals surface area contributed by atoms with Crippen LogP contribution in [-0.4, -0.2) is 122 Å². The molecule has 15 nitrogen and oxygen atoms in total. The first kappa shape index (κ1) is 43.8. The van der Waals surface area contributed by atoms with E-state index in [0.29, 0.717) is 43.5 Å². The summed E-state index contributed by atoms with van der Waals surface area (Å²) < 4.78 is 20.7. The number of esters is 1. The highest BCUT2D eigenvalue weighted by Crippen LogP contribution is 2.36. The molecule has 2 N–H and O–H groups in total. The number of Topliss-reactive ketones (excluding diaryl/α,β-unsaturated/α-hetero) is 2. The minimum absolute atomic E-state index is 0.135. The van der Waals surface area contributed by atoms with Gasteiger partial charge in [-0.05, 0) is 93.4 Å². The molecule has 2 saturated heterocycles. The molecule has 3 aliphatic rings. The highest BCUT2D eigenvalue weighted by atomic mass is 16.5. The van der Waals surface area contributed by atoms with Crippen LogP contribution in [0.5, 0.6) is 0 Å². The molecule has 0 spiro atoms. The number of nitrogens with one attached hydrogen (secondary N) is 2. The number of rotatable bonds is 15. The number of carbonyl (C=O) groups is 7. The fourth-order valence-electron chi connectivity index (χ4n) is 8.36. The molecule has 2 fully saturated rings. The first-order valence-corrected chi connectivity index (χ1v) is 20.0. The average molecular weight is 805 g/mol. The van der Waals surface area contributed by atoms with Gasteiger partial charge in [-0.3, -0.25) is 19.2 Å². The Balaban J connectivity index is 1.20. The number of hydrogen-bond acceptors (Lipinski definition) is 11. The Labute approximate surface area is 339 Å². The van der Waals surface area contributed by atoms with Crippen LogP contribution in [0.15, 0.2) is 36.4 Å². The van der Waals surface area contributed by atoms with Crippen molar-refractivity contribution in [3.63, 3.8) is 0 Å². The third-order valence-electron chi connectivity index (χ3n) is 11.7. The predicted octanol–water partition coefficient (Wildman–Crippen LogP) is 4.66. The molecule has 0 radical (unpaired) electrons. The maximum absolute atomic E-state index is 13.6. The quantitative estimate of drug-likeness (QED) is 0.145. The van der Waals surface area contributed by atoms with E-state index in [9.17, 15) is 33.6 Å². The zero-order valence-electron chi connectivity index (χ0n) is 34.4. The lowest BCUT2D eigenvalue weighted by atomic mass is 9.82. The normalized spacial score (nSPS) is 20.5. The Morgan fingerprint density at radius 2 is 1.41 bits per heavy atom. The van der Waals surface area contributed by atoms with E-state index in [0.717, 1.165) is 54.4 Å². The largest absolute Gasteiger partial charge is 0.456 e. The summed E-state index contributed by atoms with van der Waals surface area (Å²) in [4.78, 5) is 93.1. The van der Waals surface area contributed by atoms with E-state index in [2.05, 4.69) is 20.1 Å². The molecular formula is C43H56N4O11. The molecule has 3 atom stereocenters. The van der Waals surface area contributed by atoms with Crippen LogP contribution in [0.2, 0.25) is 0 Å². The van der Waals surface area contributed by atoms with Crippen LogP contribution in [0.1, 0.15) is 98.1 Å². The van der Waals surface area contributed by atoms with Crippen LogP contribution < -0.4 is 10.6 Å². The van der Waals surface area contributed by atoms with Gasteiger partial charge in [-0.25, -0.2) is 14.4 Å². The van der Waals surface area contributed by atoms with Crippen molar-refractivity contribution in [2.24, 2.45) is 5.92 Å². The number of ketones is 2. The molecule has 2 heterocycles. The monoisotopic (exact) mass is 804 g/mol. The van der Waals surface area contributed by atoms with Crippen molar-refractivity contribution >= 4 is 41.5 Å². The summed E-state index contributed by atoms with van der Waals surface area (Å²) in [6.07, 6.45) is 4.46.